The Bertz CT molecular complexity index is 318. The predicted molar refractivity (Wildman–Crippen MR) is 53.9 cm³/mol. The molecule has 0 radical (unpaired) electrons. The molecule has 0 saturated heterocycles. The molecule has 4 N–H and O–H groups in total. The Morgan fingerprint density at radius 2 is 2.29 bits per heavy atom. The van der Waals surface area contributed by atoms with Gasteiger partial charge in [-0.1, -0.05) is 11.8 Å². The van der Waals surface area contributed by atoms with E-state index in [1.807, 2.05) is 13.8 Å². The van der Waals surface area contributed by atoms with Crippen molar-refractivity contribution in [2.45, 2.75) is 25.1 Å². The number of nitrogens with zero attached hydrogens (tertiary/aromatic N) is 1. The molecule has 0 aliphatic carbocycles. The summed E-state index contributed by atoms with van der Waals surface area (Å²) in [4.78, 5) is 14.8. The number of rotatable bonds is 4. The fourth-order valence-corrected chi connectivity index (χ4v) is 1.62. The molecule has 0 aliphatic rings. The molecule has 0 bridgehead atoms. The van der Waals surface area contributed by atoms with Crippen LogP contribution >= 0.6 is 11.8 Å². The van der Waals surface area contributed by atoms with Crippen LogP contribution in [0.5, 0.6) is 0 Å². The maximum atomic E-state index is 10.6. The Labute approximate surface area is 86.2 Å². The Kier molecular flexibility index (Phi) is 3.54. The first-order chi connectivity index (χ1) is 6.50. The molecule has 1 heterocycles. The van der Waals surface area contributed by atoms with Crippen LogP contribution in [0.4, 0.5) is 0 Å². The molecule has 1 aromatic heterocycles. The first-order valence-electron chi connectivity index (χ1n) is 4.12. The fraction of sp³-hybridized carbons (Fsp3) is 0.500. The number of oxazole rings is 1. The normalized spacial score (nSPS) is 12.8. The number of aryl methyl sites for hydroxylation is 2. The van der Waals surface area contributed by atoms with E-state index in [-0.39, 0.29) is 0 Å². The molecular formula is C8H13N3O2S. The van der Waals surface area contributed by atoms with Gasteiger partial charge in [0.2, 0.25) is 5.91 Å². The minimum atomic E-state index is -0.660. The zero-order valence-corrected chi connectivity index (χ0v) is 8.93. The number of nitrogens with two attached hydrogens (primary N) is 2. The highest BCUT2D eigenvalue weighted by Crippen LogP contribution is 2.20. The highest BCUT2D eigenvalue weighted by molar-refractivity contribution is 7.99. The summed E-state index contributed by atoms with van der Waals surface area (Å²) < 4.78 is 5.29. The van der Waals surface area contributed by atoms with Gasteiger partial charge in [0.15, 0.2) is 0 Å². The summed E-state index contributed by atoms with van der Waals surface area (Å²) in [5, 5.41) is 0.525. The third-order valence-corrected chi connectivity index (χ3v) is 2.71. The molecule has 0 fully saturated rings. The van der Waals surface area contributed by atoms with Crippen molar-refractivity contribution in [3.63, 3.8) is 0 Å². The minimum Gasteiger partial charge on any atom is -0.437 e. The van der Waals surface area contributed by atoms with Crippen molar-refractivity contribution in [1.29, 1.82) is 0 Å². The molecule has 0 spiro atoms. The van der Waals surface area contributed by atoms with Gasteiger partial charge < -0.3 is 15.9 Å². The molecule has 6 heteroatoms. The Balaban J connectivity index is 2.50. The van der Waals surface area contributed by atoms with E-state index in [9.17, 15) is 4.79 Å². The van der Waals surface area contributed by atoms with Crippen molar-refractivity contribution in [3.8, 4) is 0 Å². The van der Waals surface area contributed by atoms with E-state index < -0.39 is 11.9 Å². The van der Waals surface area contributed by atoms with Crippen LogP contribution in [-0.4, -0.2) is 22.7 Å². The average Bonchev–Trinajstić information content (AvgIpc) is 2.42. The fourth-order valence-electron chi connectivity index (χ4n) is 0.748. The number of thioether (sulfide) groups is 1. The van der Waals surface area contributed by atoms with Crippen LogP contribution in [0.3, 0.4) is 0 Å². The lowest BCUT2D eigenvalue weighted by atomic mass is 10.3. The SMILES string of the molecule is Cc1nc(SCC(N)C(N)=O)oc1C. The van der Waals surface area contributed by atoms with Crippen molar-refractivity contribution < 1.29 is 9.21 Å². The van der Waals surface area contributed by atoms with Crippen molar-refractivity contribution in [2.24, 2.45) is 11.5 Å². The van der Waals surface area contributed by atoms with Gasteiger partial charge in [0.1, 0.15) is 5.76 Å². The van der Waals surface area contributed by atoms with Crippen molar-refractivity contribution >= 4 is 17.7 Å². The maximum Gasteiger partial charge on any atom is 0.256 e. The van der Waals surface area contributed by atoms with Crippen LogP contribution in [0.15, 0.2) is 9.64 Å². The van der Waals surface area contributed by atoms with Gasteiger partial charge in [-0.3, -0.25) is 4.79 Å². The van der Waals surface area contributed by atoms with Gasteiger partial charge >= 0.3 is 0 Å². The average molecular weight is 215 g/mol. The second kappa shape index (κ2) is 4.47. The molecular weight excluding hydrogens is 202 g/mol. The van der Waals surface area contributed by atoms with Gasteiger partial charge in [0.25, 0.3) is 5.22 Å². The maximum absolute atomic E-state index is 10.6. The first kappa shape index (κ1) is 11.1. The molecule has 0 saturated carbocycles. The van der Waals surface area contributed by atoms with E-state index in [1.54, 1.807) is 0 Å². The lowest BCUT2D eigenvalue weighted by Gasteiger charge is -2.03. The number of primary amides is 1. The van der Waals surface area contributed by atoms with Crippen LogP contribution in [0.25, 0.3) is 0 Å². The quantitative estimate of drug-likeness (QED) is 0.699. The van der Waals surface area contributed by atoms with Gasteiger partial charge in [-0.25, -0.2) is 4.98 Å². The number of amides is 1. The minimum absolute atomic E-state index is 0.384. The molecule has 0 aliphatic heterocycles. The van der Waals surface area contributed by atoms with Gasteiger partial charge in [0, 0.05) is 5.75 Å². The van der Waals surface area contributed by atoms with Crippen LogP contribution in [-0.2, 0) is 4.79 Å². The number of carbonyl (C=O) groups is 1. The van der Waals surface area contributed by atoms with Crippen molar-refractivity contribution in [1.82, 2.24) is 4.98 Å². The lowest BCUT2D eigenvalue weighted by Crippen LogP contribution is -2.38. The predicted octanol–water partition coefficient (Wildman–Crippen LogP) is 0.196. The summed E-state index contributed by atoms with van der Waals surface area (Å²) in [7, 11) is 0. The molecule has 0 aromatic carbocycles. The topological polar surface area (TPSA) is 95.1 Å². The Morgan fingerprint density at radius 1 is 1.64 bits per heavy atom. The summed E-state index contributed by atoms with van der Waals surface area (Å²) in [5.41, 5.74) is 11.3. The van der Waals surface area contributed by atoms with Gasteiger partial charge in [-0.05, 0) is 13.8 Å². The van der Waals surface area contributed by atoms with E-state index in [4.69, 9.17) is 15.9 Å². The standard InChI is InChI=1S/C8H13N3O2S/c1-4-5(2)13-8(11-4)14-3-6(9)7(10)12/h6H,3,9H2,1-2H3,(H2,10,12). The highest BCUT2D eigenvalue weighted by atomic mass is 32.2. The molecule has 5 nitrogen and oxygen atoms in total. The molecule has 1 unspecified atom stereocenters. The Morgan fingerprint density at radius 3 is 2.71 bits per heavy atom. The van der Waals surface area contributed by atoms with E-state index in [0.29, 0.717) is 11.0 Å². The zero-order chi connectivity index (χ0) is 10.7. The molecule has 1 rings (SSSR count). The van der Waals surface area contributed by atoms with Crippen molar-refractivity contribution in [2.75, 3.05) is 5.75 Å². The molecule has 78 valence electrons. The highest BCUT2D eigenvalue weighted by Gasteiger charge is 2.12. The summed E-state index contributed by atoms with van der Waals surface area (Å²) in [6, 6.07) is -0.660. The van der Waals surface area contributed by atoms with E-state index in [2.05, 4.69) is 4.98 Å². The second-order valence-corrected chi connectivity index (χ2v) is 3.91. The summed E-state index contributed by atoms with van der Waals surface area (Å²) in [5.74, 6) is 0.645. The summed E-state index contributed by atoms with van der Waals surface area (Å²) >= 11 is 1.29. The first-order valence-corrected chi connectivity index (χ1v) is 5.11. The number of hydrogen-bond acceptors (Lipinski definition) is 5. The molecule has 1 aromatic rings. The van der Waals surface area contributed by atoms with Gasteiger partial charge in [-0.15, -0.1) is 0 Å². The van der Waals surface area contributed by atoms with Crippen molar-refractivity contribution in [3.05, 3.63) is 11.5 Å². The number of hydrogen-bond donors (Lipinski definition) is 2. The summed E-state index contributed by atoms with van der Waals surface area (Å²) in [6.45, 7) is 3.69. The second-order valence-electron chi connectivity index (χ2n) is 2.94. The number of aromatic nitrogens is 1. The van der Waals surface area contributed by atoms with Crippen LogP contribution in [0, 0.1) is 13.8 Å². The van der Waals surface area contributed by atoms with Gasteiger partial charge in [0.05, 0.1) is 11.7 Å². The monoisotopic (exact) mass is 215 g/mol. The third-order valence-electron chi connectivity index (χ3n) is 1.76. The van der Waals surface area contributed by atoms with E-state index in [0.717, 1.165) is 11.5 Å². The third kappa shape index (κ3) is 2.74. The van der Waals surface area contributed by atoms with E-state index >= 15 is 0 Å². The number of carbonyl (C=O) groups excluding carboxylic acids is 1. The molecule has 1 atom stereocenters. The van der Waals surface area contributed by atoms with E-state index in [1.165, 1.54) is 11.8 Å². The van der Waals surface area contributed by atoms with Crippen LogP contribution < -0.4 is 11.5 Å². The van der Waals surface area contributed by atoms with Crippen LogP contribution in [0.2, 0.25) is 0 Å². The van der Waals surface area contributed by atoms with Crippen LogP contribution in [0.1, 0.15) is 11.5 Å². The zero-order valence-electron chi connectivity index (χ0n) is 8.11. The summed E-state index contributed by atoms with van der Waals surface area (Å²) in [6.07, 6.45) is 0. The largest absolute Gasteiger partial charge is 0.437 e. The Hall–Kier alpha value is -1.01. The lowest BCUT2D eigenvalue weighted by molar-refractivity contribution is -0.118. The van der Waals surface area contributed by atoms with Gasteiger partial charge in [-0.2, -0.15) is 0 Å². The molecule has 14 heavy (non-hydrogen) atoms. The molecule has 1 amide bonds. The smallest absolute Gasteiger partial charge is 0.256 e.